The molecule has 1 aliphatic heterocycles. The average molecular weight is 347 g/mol. The predicted molar refractivity (Wildman–Crippen MR) is 96.4 cm³/mol. The van der Waals surface area contributed by atoms with Crippen LogP contribution in [-0.2, 0) is 11.2 Å². The van der Waals surface area contributed by atoms with Gasteiger partial charge < -0.3 is 15.2 Å². The van der Waals surface area contributed by atoms with Crippen LogP contribution in [0.25, 0.3) is 11.3 Å². The quantitative estimate of drug-likeness (QED) is 0.789. The number of nitrogens with zero attached hydrogens (tertiary/aromatic N) is 2. The Morgan fingerprint density at radius 2 is 1.81 bits per heavy atom. The Morgan fingerprint density at radius 3 is 2.58 bits per heavy atom. The van der Waals surface area contributed by atoms with Gasteiger partial charge in [-0.25, -0.2) is 0 Å². The highest BCUT2D eigenvalue weighted by molar-refractivity contribution is 6.06. The Bertz CT molecular complexity index is 965. The zero-order valence-electron chi connectivity index (χ0n) is 14.0. The van der Waals surface area contributed by atoms with Crippen LogP contribution in [0.2, 0.25) is 0 Å². The first-order valence-electron chi connectivity index (χ1n) is 8.34. The Morgan fingerprint density at radius 1 is 1.08 bits per heavy atom. The van der Waals surface area contributed by atoms with Crippen LogP contribution in [0.4, 0.5) is 5.69 Å². The second kappa shape index (κ2) is 6.48. The minimum atomic E-state index is -0.422. The van der Waals surface area contributed by atoms with Gasteiger partial charge in [0.25, 0.3) is 5.91 Å². The number of hydrogen-bond acceptors (Lipinski definition) is 4. The Kier molecular flexibility index (Phi) is 4.01. The molecule has 0 bridgehead atoms. The number of anilines is 1. The number of benzene rings is 2. The molecular formula is C20H17N3O3. The third-order valence-corrected chi connectivity index (χ3v) is 4.59. The molecular weight excluding hydrogens is 330 g/mol. The van der Waals surface area contributed by atoms with Crippen molar-refractivity contribution in [2.24, 2.45) is 11.7 Å². The van der Waals surface area contributed by atoms with Gasteiger partial charge in [0.05, 0.1) is 5.92 Å². The number of amides is 2. The third-order valence-electron chi connectivity index (χ3n) is 4.59. The van der Waals surface area contributed by atoms with Crippen molar-refractivity contribution in [2.45, 2.75) is 6.42 Å². The van der Waals surface area contributed by atoms with Crippen molar-refractivity contribution < 1.29 is 14.1 Å². The molecule has 2 heterocycles. The molecule has 0 saturated heterocycles. The number of nitrogens with two attached hydrogens (primary N) is 1. The van der Waals surface area contributed by atoms with E-state index in [1.54, 1.807) is 11.0 Å². The number of hydrogen-bond donors (Lipinski definition) is 1. The summed E-state index contributed by atoms with van der Waals surface area (Å²) >= 11 is 0. The summed E-state index contributed by atoms with van der Waals surface area (Å²) in [4.78, 5) is 26.3. The van der Waals surface area contributed by atoms with Crippen molar-refractivity contribution in [1.29, 1.82) is 0 Å². The number of carbonyl (C=O) groups is 2. The van der Waals surface area contributed by atoms with E-state index < -0.39 is 11.8 Å². The summed E-state index contributed by atoms with van der Waals surface area (Å²) < 4.78 is 5.34. The summed E-state index contributed by atoms with van der Waals surface area (Å²) in [6, 6.07) is 18.6. The normalized spacial score (nSPS) is 16.2. The molecule has 0 fully saturated rings. The molecule has 2 amide bonds. The van der Waals surface area contributed by atoms with Gasteiger partial charge >= 0.3 is 0 Å². The van der Waals surface area contributed by atoms with Crippen molar-refractivity contribution >= 4 is 17.5 Å². The first-order valence-corrected chi connectivity index (χ1v) is 8.34. The second-order valence-corrected chi connectivity index (χ2v) is 6.29. The SMILES string of the molecule is NC(=O)C1Cc2ccccc2N(C(=O)c2cc(-c3ccccc3)on2)C1. The fourth-order valence-electron chi connectivity index (χ4n) is 3.23. The highest BCUT2D eigenvalue weighted by atomic mass is 16.5. The molecule has 0 radical (unpaired) electrons. The molecule has 0 saturated carbocycles. The zero-order chi connectivity index (χ0) is 18.1. The molecule has 26 heavy (non-hydrogen) atoms. The van der Waals surface area contributed by atoms with Gasteiger partial charge in [0.2, 0.25) is 5.91 Å². The Labute approximate surface area is 150 Å². The van der Waals surface area contributed by atoms with Crippen LogP contribution in [0.3, 0.4) is 0 Å². The van der Waals surface area contributed by atoms with Crippen LogP contribution in [-0.4, -0.2) is 23.5 Å². The highest BCUT2D eigenvalue weighted by Crippen LogP contribution is 2.31. The van der Waals surface area contributed by atoms with Crippen molar-refractivity contribution in [3.63, 3.8) is 0 Å². The smallest absolute Gasteiger partial charge is 0.280 e. The van der Waals surface area contributed by atoms with E-state index in [2.05, 4.69) is 5.16 Å². The van der Waals surface area contributed by atoms with E-state index in [0.717, 1.165) is 16.8 Å². The molecule has 0 aliphatic carbocycles. The lowest BCUT2D eigenvalue weighted by molar-refractivity contribution is -0.121. The minimum Gasteiger partial charge on any atom is -0.369 e. The maximum absolute atomic E-state index is 13.0. The molecule has 2 N–H and O–H groups in total. The van der Waals surface area contributed by atoms with Crippen molar-refractivity contribution in [2.75, 3.05) is 11.4 Å². The molecule has 130 valence electrons. The van der Waals surface area contributed by atoms with E-state index in [9.17, 15) is 9.59 Å². The fourth-order valence-corrected chi connectivity index (χ4v) is 3.23. The van der Waals surface area contributed by atoms with Crippen LogP contribution in [0, 0.1) is 5.92 Å². The van der Waals surface area contributed by atoms with Crippen molar-refractivity contribution in [1.82, 2.24) is 5.16 Å². The molecule has 1 atom stereocenters. The lowest BCUT2D eigenvalue weighted by Crippen LogP contribution is -2.44. The van der Waals surface area contributed by atoms with Gasteiger partial charge in [-0.3, -0.25) is 9.59 Å². The molecule has 1 aliphatic rings. The molecule has 2 aromatic carbocycles. The van der Waals surface area contributed by atoms with Crippen LogP contribution >= 0.6 is 0 Å². The van der Waals surface area contributed by atoms with E-state index in [4.69, 9.17) is 10.3 Å². The zero-order valence-corrected chi connectivity index (χ0v) is 14.0. The number of carbonyl (C=O) groups excluding carboxylic acids is 2. The van der Waals surface area contributed by atoms with E-state index in [-0.39, 0.29) is 18.1 Å². The summed E-state index contributed by atoms with van der Waals surface area (Å²) in [5, 5.41) is 3.93. The molecule has 6 heteroatoms. The topological polar surface area (TPSA) is 89.4 Å². The summed E-state index contributed by atoms with van der Waals surface area (Å²) in [6.45, 7) is 0.235. The maximum Gasteiger partial charge on any atom is 0.280 e. The van der Waals surface area contributed by atoms with E-state index in [1.165, 1.54) is 0 Å². The van der Waals surface area contributed by atoms with E-state index >= 15 is 0 Å². The summed E-state index contributed by atoms with van der Waals surface area (Å²) in [5.41, 5.74) is 8.23. The van der Waals surface area contributed by atoms with Crippen LogP contribution in [0.5, 0.6) is 0 Å². The maximum atomic E-state index is 13.0. The third kappa shape index (κ3) is 2.86. The molecule has 6 nitrogen and oxygen atoms in total. The number of para-hydroxylation sites is 1. The Hall–Kier alpha value is -3.41. The van der Waals surface area contributed by atoms with Crippen molar-refractivity contribution in [3.8, 4) is 11.3 Å². The van der Waals surface area contributed by atoms with E-state index in [0.29, 0.717) is 12.2 Å². The second-order valence-electron chi connectivity index (χ2n) is 6.29. The number of primary amides is 1. The summed E-state index contributed by atoms with van der Waals surface area (Å²) in [5.74, 6) is -0.628. The van der Waals surface area contributed by atoms with Crippen LogP contribution < -0.4 is 10.6 Å². The summed E-state index contributed by atoms with van der Waals surface area (Å²) in [6.07, 6.45) is 0.531. The number of rotatable bonds is 3. The first kappa shape index (κ1) is 16.1. The fraction of sp³-hybridized carbons (Fsp3) is 0.150. The van der Waals surface area contributed by atoms with Gasteiger partial charge in [-0.15, -0.1) is 0 Å². The van der Waals surface area contributed by atoms with Crippen molar-refractivity contribution in [3.05, 3.63) is 71.9 Å². The van der Waals surface area contributed by atoms with Gasteiger partial charge in [0.15, 0.2) is 11.5 Å². The average Bonchev–Trinajstić information content (AvgIpc) is 3.17. The van der Waals surface area contributed by atoms with Gasteiger partial charge in [0, 0.05) is 23.9 Å². The highest BCUT2D eigenvalue weighted by Gasteiger charge is 2.32. The number of fused-ring (bicyclic) bond motifs is 1. The van der Waals surface area contributed by atoms with Gasteiger partial charge in [-0.05, 0) is 18.1 Å². The monoisotopic (exact) mass is 347 g/mol. The molecule has 0 spiro atoms. The first-order chi connectivity index (χ1) is 12.6. The predicted octanol–water partition coefficient (Wildman–Crippen LogP) is 2.65. The molecule has 1 aromatic heterocycles. The van der Waals surface area contributed by atoms with Crippen LogP contribution in [0.1, 0.15) is 16.1 Å². The standard InChI is InChI=1S/C20H17N3O3/c21-19(24)15-10-14-8-4-5-9-17(14)23(12-15)20(25)16-11-18(26-22-16)13-6-2-1-3-7-13/h1-9,11,15H,10,12H2,(H2,21,24). The Balaban J connectivity index is 1.67. The molecule has 4 rings (SSSR count). The summed E-state index contributed by atoms with van der Waals surface area (Å²) in [7, 11) is 0. The van der Waals surface area contributed by atoms with Gasteiger partial charge in [-0.2, -0.15) is 0 Å². The lowest BCUT2D eigenvalue weighted by Gasteiger charge is -2.32. The minimum absolute atomic E-state index is 0.198. The largest absolute Gasteiger partial charge is 0.369 e. The van der Waals surface area contributed by atoms with Gasteiger partial charge in [-0.1, -0.05) is 53.7 Å². The lowest BCUT2D eigenvalue weighted by atomic mass is 9.91. The molecule has 3 aromatic rings. The van der Waals surface area contributed by atoms with Crippen LogP contribution in [0.15, 0.2) is 65.2 Å². The van der Waals surface area contributed by atoms with Gasteiger partial charge in [0.1, 0.15) is 0 Å². The number of aromatic nitrogens is 1. The molecule has 1 unspecified atom stereocenters. The van der Waals surface area contributed by atoms with E-state index in [1.807, 2.05) is 54.6 Å².